The van der Waals surface area contributed by atoms with Gasteiger partial charge in [-0.05, 0) is 75.2 Å². The summed E-state index contributed by atoms with van der Waals surface area (Å²) in [6.45, 7) is 9.13. The molecule has 0 radical (unpaired) electrons. The van der Waals surface area contributed by atoms with Gasteiger partial charge in [0.15, 0.2) is 57.8 Å². The molecule has 2 unspecified atom stereocenters. The maximum absolute atomic E-state index is 13.2. The van der Waals surface area contributed by atoms with Crippen LogP contribution in [0.15, 0.2) is 23.3 Å². The molecule has 0 aliphatic carbocycles. The van der Waals surface area contributed by atoms with E-state index in [1.54, 1.807) is 6.92 Å². The number of ketones is 6. The lowest BCUT2D eigenvalue weighted by molar-refractivity contribution is -0.378. The van der Waals surface area contributed by atoms with Crippen molar-refractivity contribution in [3.63, 3.8) is 0 Å². The van der Waals surface area contributed by atoms with Crippen LogP contribution in [0, 0.1) is 0 Å². The van der Waals surface area contributed by atoms with E-state index in [-0.39, 0.29) is 0 Å². The van der Waals surface area contributed by atoms with Crippen LogP contribution in [-0.4, -0.2) is 142 Å². The number of carbonyl (C=O) groups excluding carboxylic acids is 6. The quantitative estimate of drug-likeness (QED) is 0.0919. The lowest BCUT2D eigenvalue weighted by atomic mass is 9.59. The number of aliphatic hydroxyl groups excluding tert-OH is 2. The Kier molecular flexibility index (Phi) is 12.7. The first-order valence-electron chi connectivity index (χ1n) is 15.5. The van der Waals surface area contributed by atoms with Crippen LogP contribution < -0.4 is 0 Å². The first kappa shape index (κ1) is 42.3. The predicted molar refractivity (Wildman–Crippen MR) is 167 cm³/mol. The highest BCUT2D eigenvalue weighted by Crippen LogP contribution is 2.51. The second-order valence-corrected chi connectivity index (χ2v) is 13.2. The summed E-state index contributed by atoms with van der Waals surface area (Å²) < 4.78 is 16.7. The smallest absolute Gasteiger partial charge is 0.213 e. The SMILES string of the molecule is CC(=O)C(O)[C@H]1O[C@@H](C(O)[C@H]2O[C@H](OC/C=C(\C)CCC=C(C)C)[C@@](O)(C(C)=O)[C@](O)(C(C)=O)[C@@]2(O)C(C)=O)[C@](O)(C(C)=O)[C@@]1(O)C(C)=O. The molecule has 11 atom stereocenters. The molecule has 49 heavy (non-hydrogen) atoms. The summed E-state index contributed by atoms with van der Waals surface area (Å²) >= 11 is 0. The summed E-state index contributed by atoms with van der Waals surface area (Å²) in [7, 11) is 0. The van der Waals surface area contributed by atoms with Crippen LogP contribution in [0.5, 0.6) is 0 Å². The van der Waals surface area contributed by atoms with Crippen molar-refractivity contribution in [1.29, 1.82) is 0 Å². The molecule has 0 spiro atoms. The van der Waals surface area contributed by atoms with Gasteiger partial charge in [0.1, 0.15) is 30.5 Å². The summed E-state index contributed by atoms with van der Waals surface area (Å²) in [6, 6.07) is 0. The van der Waals surface area contributed by atoms with Crippen molar-refractivity contribution in [3.05, 3.63) is 23.3 Å². The Morgan fingerprint density at radius 1 is 0.633 bits per heavy atom. The molecule has 7 N–H and O–H groups in total. The van der Waals surface area contributed by atoms with Gasteiger partial charge in [0.2, 0.25) is 11.2 Å². The zero-order valence-corrected chi connectivity index (χ0v) is 29.0. The fourth-order valence-electron chi connectivity index (χ4n) is 6.59. The molecule has 0 saturated carbocycles. The van der Waals surface area contributed by atoms with Crippen LogP contribution in [0.25, 0.3) is 0 Å². The number of Topliss-reactive ketones (excluding diaryl/α,β-unsaturated/α-hetero) is 6. The van der Waals surface area contributed by atoms with E-state index in [0.29, 0.717) is 47.5 Å². The Bertz CT molecular complexity index is 1430. The van der Waals surface area contributed by atoms with E-state index in [1.165, 1.54) is 6.08 Å². The number of hydrogen-bond acceptors (Lipinski definition) is 16. The largest absolute Gasteiger partial charge is 0.387 e. The van der Waals surface area contributed by atoms with E-state index in [1.807, 2.05) is 19.9 Å². The number of aliphatic hydroxyl groups is 7. The van der Waals surface area contributed by atoms with Crippen LogP contribution in [0.3, 0.4) is 0 Å². The van der Waals surface area contributed by atoms with Crippen molar-refractivity contribution in [2.24, 2.45) is 0 Å². The molecule has 2 rings (SSSR count). The second-order valence-electron chi connectivity index (χ2n) is 13.2. The third-order valence-electron chi connectivity index (χ3n) is 9.57. The Balaban J connectivity index is 2.86. The van der Waals surface area contributed by atoms with Gasteiger partial charge < -0.3 is 50.0 Å². The third-order valence-corrected chi connectivity index (χ3v) is 9.57. The summed E-state index contributed by atoms with van der Waals surface area (Å²) in [4.78, 5) is 77.5. The molecule has 0 amide bonds. The normalized spacial score (nSPS) is 37.6. The lowest BCUT2D eigenvalue weighted by Gasteiger charge is -2.58. The van der Waals surface area contributed by atoms with Gasteiger partial charge in [-0.3, -0.25) is 28.8 Å². The molecule has 2 fully saturated rings. The van der Waals surface area contributed by atoms with Crippen LogP contribution in [0.1, 0.15) is 75.2 Å². The van der Waals surface area contributed by atoms with Crippen molar-refractivity contribution in [2.75, 3.05) is 6.61 Å². The molecule has 2 aliphatic rings. The molecule has 276 valence electrons. The molecule has 2 aliphatic heterocycles. The monoisotopic (exact) mass is 700 g/mol. The molecule has 16 heteroatoms. The summed E-state index contributed by atoms with van der Waals surface area (Å²) in [5.41, 5.74) is -16.4. The molecule has 0 aromatic heterocycles. The van der Waals surface area contributed by atoms with Crippen molar-refractivity contribution >= 4 is 34.7 Å². The highest BCUT2D eigenvalue weighted by atomic mass is 16.7. The van der Waals surface area contributed by atoms with E-state index in [4.69, 9.17) is 14.2 Å². The van der Waals surface area contributed by atoms with Crippen LogP contribution in [0.4, 0.5) is 0 Å². The minimum absolute atomic E-state index is 0.468. The summed E-state index contributed by atoms with van der Waals surface area (Å²) in [5.74, 6) is -8.62. The first-order valence-corrected chi connectivity index (χ1v) is 15.5. The fraction of sp³-hybridized carbons (Fsp3) is 0.697. The third kappa shape index (κ3) is 6.44. The van der Waals surface area contributed by atoms with Gasteiger partial charge in [-0.2, -0.15) is 0 Å². The zero-order chi connectivity index (χ0) is 38.2. The molecule has 2 heterocycles. The zero-order valence-electron chi connectivity index (χ0n) is 29.0. The average Bonchev–Trinajstić information content (AvgIpc) is 3.24. The number of ether oxygens (including phenoxy) is 3. The van der Waals surface area contributed by atoms with Crippen LogP contribution in [-0.2, 0) is 43.0 Å². The van der Waals surface area contributed by atoms with Gasteiger partial charge in [-0.1, -0.05) is 23.3 Å². The van der Waals surface area contributed by atoms with Crippen molar-refractivity contribution in [2.45, 2.75) is 140 Å². The fourth-order valence-corrected chi connectivity index (χ4v) is 6.59. The highest BCUT2D eigenvalue weighted by molar-refractivity contribution is 6.05. The van der Waals surface area contributed by atoms with Crippen molar-refractivity contribution in [3.8, 4) is 0 Å². The standard InChI is InChI=1S/C33H48O16/c1-15(2)11-10-12-16(3)13-14-47-28-32(45,21(8)38)33(46,22(9)39)31(44,20(7)37)27(49-28)24(41)26-30(43,19(6)36)29(42,18(5)35)25(48-26)23(40)17(4)34/h11,13,23-28,40-46H,10,12,14H2,1-9H3/b16-13+/t23?,24?,25-,26+,27-,28+,29-,30-,31-,32+,33+/m1/s1. The molecule has 16 nitrogen and oxygen atoms in total. The Morgan fingerprint density at radius 2 is 1.08 bits per heavy atom. The summed E-state index contributed by atoms with van der Waals surface area (Å²) in [6.07, 6.45) is -10.9. The molecule has 2 saturated heterocycles. The van der Waals surface area contributed by atoms with E-state index in [9.17, 15) is 64.5 Å². The van der Waals surface area contributed by atoms with E-state index in [2.05, 4.69) is 0 Å². The Hall–Kier alpha value is -2.90. The van der Waals surface area contributed by atoms with Gasteiger partial charge in [-0.25, -0.2) is 0 Å². The van der Waals surface area contributed by atoms with E-state index < -0.39 is 106 Å². The molecule has 0 bridgehead atoms. The molecular formula is C33H48O16. The van der Waals surface area contributed by atoms with Gasteiger partial charge in [-0.15, -0.1) is 0 Å². The minimum Gasteiger partial charge on any atom is -0.387 e. The number of carbonyl (C=O) groups is 6. The highest BCUT2D eigenvalue weighted by Gasteiger charge is 2.82. The maximum atomic E-state index is 13.2. The van der Waals surface area contributed by atoms with Crippen molar-refractivity contribution < 1.29 is 78.7 Å². The van der Waals surface area contributed by atoms with E-state index in [0.717, 1.165) is 18.1 Å². The van der Waals surface area contributed by atoms with Gasteiger partial charge in [0.05, 0.1) is 6.61 Å². The van der Waals surface area contributed by atoms with Gasteiger partial charge in [0.25, 0.3) is 0 Å². The van der Waals surface area contributed by atoms with Gasteiger partial charge >= 0.3 is 0 Å². The summed E-state index contributed by atoms with van der Waals surface area (Å²) in [5, 5.41) is 81.2. The predicted octanol–water partition coefficient (Wildman–Crippen LogP) is -1.90. The minimum atomic E-state index is -3.86. The average molecular weight is 701 g/mol. The number of allylic oxidation sites excluding steroid dienone is 3. The Morgan fingerprint density at radius 3 is 1.49 bits per heavy atom. The molecule has 0 aromatic carbocycles. The number of hydrogen-bond donors (Lipinski definition) is 7. The first-order chi connectivity index (χ1) is 22.3. The number of rotatable bonds is 15. The lowest BCUT2D eigenvalue weighted by Crippen LogP contribution is -2.87. The second kappa shape index (κ2) is 14.8. The molecule has 0 aromatic rings. The van der Waals surface area contributed by atoms with Crippen LogP contribution >= 0.6 is 0 Å². The Labute approximate surface area is 283 Å². The molecular weight excluding hydrogens is 652 g/mol. The van der Waals surface area contributed by atoms with Crippen LogP contribution in [0.2, 0.25) is 0 Å². The van der Waals surface area contributed by atoms with Gasteiger partial charge in [0, 0.05) is 0 Å². The van der Waals surface area contributed by atoms with Crippen molar-refractivity contribution in [1.82, 2.24) is 0 Å². The topological polar surface area (TPSA) is 272 Å². The maximum Gasteiger partial charge on any atom is 0.213 e. The van der Waals surface area contributed by atoms with E-state index >= 15 is 0 Å².